The molecule has 1 saturated carbocycles. The lowest BCUT2D eigenvalue weighted by atomic mass is 9.85. The molecule has 3 atom stereocenters. The maximum absolute atomic E-state index is 12.2. The molecule has 7 nitrogen and oxygen atoms in total. The van der Waals surface area contributed by atoms with E-state index in [9.17, 15) is 14.7 Å². The Morgan fingerprint density at radius 1 is 1.45 bits per heavy atom. The van der Waals surface area contributed by atoms with Gasteiger partial charge in [0.25, 0.3) is 0 Å². The van der Waals surface area contributed by atoms with Crippen molar-refractivity contribution >= 4 is 17.8 Å². The summed E-state index contributed by atoms with van der Waals surface area (Å²) in [4.78, 5) is 25.5. The van der Waals surface area contributed by atoms with Crippen molar-refractivity contribution in [3.8, 4) is 0 Å². The first-order valence-corrected chi connectivity index (χ1v) is 7.76. The van der Waals surface area contributed by atoms with Crippen LogP contribution in [0.3, 0.4) is 0 Å². The number of nitrogens with zero attached hydrogens (tertiary/aromatic N) is 2. The fraction of sp³-hybridized carbons (Fsp3) is 0.667. The number of anilines is 1. The topological polar surface area (TPSA) is 95.7 Å². The average Bonchev–Trinajstić information content (AvgIpc) is 3.03. The Bertz CT molecular complexity index is 571. The van der Waals surface area contributed by atoms with Crippen molar-refractivity contribution in [1.82, 2.24) is 10.1 Å². The molecule has 0 spiro atoms. The predicted molar refractivity (Wildman–Crippen MR) is 78.4 cm³/mol. The van der Waals surface area contributed by atoms with E-state index in [1.807, 2.05) is 4.90 Å². The number of aromatic nitrogens is 1. The molecule has 0 radical (unpaired) electrons. The number of fused-ring (bicyclic) bond motifs is 1. The highest BCUT2D eigenvalue weighted by molar-refractivity contribution is 5.91. The van der Waals surface area contributed by atoms with Gasteiger partial charge in [0.2, 0.25) is 11.8 Å². The summed E-state index contributed by atoms with van der Waals surface area (Å²) in [6.07, 6.45) is 4.95. The Kier molecular flexibility index (Phi) is 4.15. The summed E-state index contributed by atoms with van der Waals surface area (Å²) >= 11 is 0. The third-order valence-electron chi connectivity index (χ3n) is 4.72. The molecule has 1 aromatic rings. The van der Waals surface area contributed by atoms with E-state index in [0.717, 1.165) is 25.7 Å². The first kappa shape index (κ1) is 15.0. The van der Waals surface area contributed by atoms with Crippen LogP contribution >= 0.6 is 0 Å². The van der Waals surface area contributed by atoms with Crippen molar-refractivity contribution < 1.29 is 19.2 Å². The number of amides is 1. The second kappa shape index (κ2) is 6.08. The molecule has 2 fully saturated rings. The van der Waals surface area contributed by atoms with Gasteiger partial charge < -0.3 is 9.63 Å². The standard InChI is InChI=1S/C15H21N3O4/c1-9-6-14(22-17-9)16-13(19)8-18-11-5-3-2-4-10(11)7-12(18)15(20)21/h6,10-12H,2-5,7-8H2,1H3,(H,16,19)(H,20,21)/t10-,11-,12+/m1/s1. The van der Waals surface area contributed by atoms with Crippen molar-refractivity contribution in [2.45, 2.75) is 51.1 Å². The van der Waals surface area contributed by atoms with Crippen LogP contribution in [0.1, 0.15) is 37.8 Å². The molecule has 3 rings (SSSR count). The van der Waals surface area contributed by atoms with E-state index in [0.29, 0.717) is 23.9 Å². The van der Waals surface area contributed by atoms with E-state index in [2.05, 4.69) is 10.5 Å². The van der Waals surface area contributed by atoms with Gasteiger partial charge in [0.05, 0.1) is 12.2 Å². The number of carbonyl (C=O) groups is 2. The molecule has 2 heterocycles. The Balaban J connectivity index is 1.67. The van der Waals surface area contributed by atoms with Crippen molar-refractivity contribution in [2.75, 3.05) is 11.9 Å². The molecule has 1 saturated heterocycles. The van der Waals surface area contributed by atoms with Crippen LogP contribution in [-0.2, 0) is 9.59 Å². The van der Waals surface area contributed by atoms with Crippen LogP contribution in [0.4, 0.5) is 5.88 Å². The van der Waals surface area contributed by atoms with Gasteiger partial charge in [-0.2, -0.15) is 0 Å². The van der Waals surface area contributed by atoms with Gasteiger partial charge in [-0.15, -0.1) is 0 Å². The van der Waals surface area contributed by atoms with Gasteiger partial charge in [-0.25, -0.2) is 0 Å². The minimum absolute atomic E-state index is 0.0812. The minimum atomic E-state index is -0.835. The van der Waals surface area contributed by atoms with Crippen LogP contribution in [0, 0.1) is 12.8 Å². The molecule has 0 unspecified atom stereocenters. The molecular weight excluding hydrogens is 286 g/mol. The van der Waals surface area contributed by atoms with Gasteiger partial charge in [-0.05, 0) is 32.1 Å². The number of hydrogen-bond donors (Lipinski definition) is 2. The molecule has 0 bridgehead atoms. The van der Waals surface area contributed by atoms with Crippen LogP contribution in [0.5, 0.6) is 0 Å². The lowest BCUT2D eigenvalue weighted by Gasteiger charge is -2.32. The van der Waals surface area contributed by atoms with Crippen molar-refractivity contribution in [3.63, 3.8) is 0 Å². The van der Waals surface area contributed by atoms with E-state index in [1.165, 1.54) is 0 Å². The van der Waals surface area contributed by atoms with Crippen molar-refractivity contribution in [3.05, 3.63) is 11.8 Å². The third-order valence-corrected chi connectivity index (χ3v) is 4.72. The van der Waals surface area contributed by atoms with Gasteiger partial charge in [-0.1, -0.05) is 18.0 Å². The van der Waals surface area contributed by atoms with Gasteiger partial charge in [-0.3, -0.25) is 19.8 Å². The summed E-state index contributed by atoms with van der Waals surface area (Å²) in [6.45, 7) is 1.85. The number of carboxylic acid groups (broad SMARTS) is 1. The lowest BCUT2D eigenvalue weighted by Crippen LogP contribution is -2.46. The highest BCUT2D eigenvalue weighted by Gasteiger charge is 2.45. The van der Waals surface area contributed by atoms with Gasteiger partial charge in [0, 0.05) is 12.1 Å². The second-order valence-corrected chi connectivity index (χ2v) is 6.25. The summed E-state index contributed by atoms with van der Waals surface area (Å²) in [5.41, 5.74) is 0.687. The highest BCUT2D eigenvalue weighted by atomic mass is 16.5. The van der Waals surface area contributed by atoms with Gasteiger partial charge >= 0.3 is 5.97 Å². The van der Waals surface area contributed by atoms with Crippen LogP contribution in [0.15, 0.2) is 10.6 Å². The highest BCUT2D eigenvalue weighted by Crippen LogP contribution is 2.39. The quantitative estimate of drug-likeness (QED) is 0.878. The summed E-state index contributed by atoms with van der Waals surface area (Å²) in [6, 6.07) is 1.28. The smallest absolute Gasteiger partial charge is 0.320 e. The zero-order valence-corrected chi connectivity index (χ0v) is 12.6. The van der Waals surface area contributed by atoms with Crippen molar-refractivity contribution in [2.24, 2.45) is 5.92 Å². The Labute approximate surface area is 128 Å². The summed E-state index contributed by atoms with van der Waals surface area (Å²) in [5.74, 6) is -0.393. The van der Waals surface area contributed by atoms with E-state index >= 15 is 0 Å². The van der Waals surface area contributed by atoms with E-state index in [1.54, 1.807) is 13.0 Å². The first-order chi connectivity index (χ1) is 10.5. The Morgan fingerprint density at radius 2 is 2.23 bits per heavy atom. The molecule has 1 amide bonds. The number of carboxylic acids is 1. The maximum atomic E-state index is 12.2. The number of rotatable bonds is 4. The molecule has 120 valence electrons. The molecule has 1 aromatic heterocycles. The SMILES string of the molecule is Cc1cc(NC(=O)CN2[C@@H]3CCCC[C@@H]3C[C@H]2C(=O)O)on1. The zero-order valence-electron chi connectivity index (χ0n) is 12.6. The number of carbonyl (C=O) groups excluding carboxylic acids is 1. The Hall–Kier alpha value is -1.89. The number of aliphatic carboxylic acids is 1. The zero-order chi connectivity index (χ0) is 15.7. The number of likely N-dealkylation sites (tertiary alicyclic amines) is 1. The summed E-state index contributed by atoms with van der Waals surface area (Å²) in [5, 5.41) is 15.8. The van der Waals surface area contributed by atoms with Gasteiger partial charge in [0.15, 0.2) is 0 Å². The molecule has 7 heteroatoms. The molecule has 22 heavy (non-hydrogen) atoms. The van der Waals surface area contributed by atoms with Crippen LogP contribution in [0.25, 0.3) is 0 Å². The van der Waals surface area contributed by atoms with Crippen molar-refractivity contribution in [1.29, 1.82) is 0 Å². The minimum Gasteiger partial charge on any atom is -0.480 e. The number of nitrogens with one attached hydrogen (secondary N) is 1. The molecule has 2 aliphatic rings. The van der Waals surface area contributed by atoms with E-state index < -0.39 is 12.0 Å². The number of hydrogen-bond acceptors (Lipinski definition) is 5. The molecule has 2 N–H and O–H groups in total. The molecule has 0 aromatic carbocycles. The number of aryl methyl sites for hydroxylation is 1. The van der Waals surface area contributed by atoms with E-state index in [4.69, 9.17) is 4.52 Å². The molecule has 1 aliphatic heterocycles. The molecule has 1 aliphatic carbocycles. The van der Waals surface area contributed by atoms with Gasteiger partial charge in [0.1, 0.15) is 6.04 Å². The summed E-state index contributed by atoms with van der Waals surface area (Å²) < 4.78 is 4.96. The third kappa shape index (κ3) is 2.99. The fourth-order valence-electron chi connectivity index (χ4n) is 3.79. The lowest BCUT2D eigenvalue weighted by molar-refractivity contribution is -0.143. The fourth-order valence-corrected chi connectivity index (χ4v) is 3.79. The largest absolute Gasteiger partial charge is 0.480 e. The summed E-state index contributed by atoms with van der Waals surface area (Å²) in [7, 11) is 0. The van der Waals surface area contributed by atoms with Crippen LogP contribution in [0.2, 0.25) is 0 Å². The predicted octanol–water partition coefficient (Wildman–Crippen LogP) is 1.64. The normalized spacial score (nSPS) is 28.3. The van der Waals surface area contributed by atoms with Crippen LogP contribution in [-0.4, -0.2) is 45.7 Å². The second-order valence-electron chi connectivity index (χ2n) is 6.25. The first-order valence-electron chi connectivity index (χ1n) is 7.76. The molecular formula is C15H21N3O4. The maximum Gasteiger partial charge on any atom is 0.320 e. The van der Waals surface area contributed by atoms with Crippen LogP contribution < -0.4 is 5.32 Å². The Morgan fingerprint density at radius 3 is 2.91 bits per heavy atom. The van der Waals surface area contributed by atoms with E-state index in [-0.39, 0.29) is 18.5 Å². The average molecular weight is 307 g/mol. The monoisotopic (exact) mass is 307 g/mol.